The van der Waals surface area contributed by atoms with Gasteiger partial charge in [0.2, 0.25) is 0 Å². The van der Waals surface area contributed by atoms with Crippen molar-refractivity contribution in [2.75, 3.05) is 19.8 Å². The molecule has 2 nitrogen and oxygen atoms in total. The van der Waals surface area contributed by atoms with E-state index >= 15 is 0 Å². The van der Waals surface area contributed by atoms with Gasteiger partial charge in [-0.15, -0.1) is 0 Å². The van der Waals surface area contributed by atoms with Gasteiger partial charge in [0.1, 0.15) is 0 Å². The quantitative estimate of drug-likeness (QED) is 0.625. The second-order valence-electron chi connectivity index (χ2n) is 2.89. The van der Waals surface area contributed by atoms with Crippen LogP contribution in [0, 0.1) is 5.92 Å². The first kappa shape index (κ1) is 8.75. The number of allylic oxidation sites excluding steroid dienone is 1. The number of aliphatic hydroxyl groups is 1. The van der Waals surface area contributed by atoms with Crippen molar-refractivity contribution < 1.29 is 9.84 Å². The van der Waals surface area contributed by atoms with Crippen molar-refractivity contribution >= 4 is 0 Å². The fraction of sp³-hybridized carbons (Fsp3) is 0.778. The fourth-order valence-corrected chi connectivity index (χ4v) is 1.27. The smallest absolute Gasteiger partial charge is 0.0471 e. The first-order valence-corrected chi connectivity index (χ1v) is 4.28. The molecule has 1 rings (SSSR count). The minimum atomic E-state index is 0.264. The van der Waals surface area contributed by atoms with Crippen molar-refractivity contribution in [3.8, 4) is 0 Å². The zero-order valence-electron chi connectivity index (χ0n) is 6.83. The minimum absolute atomic E-state index is 0.264. The lowest BCUT2D eigenvalue weighted by Gasteiger charge is -2.18. The first-order valence-electron chi connectivity index (χ1n) is 4.28. The van der Waals surface area contributed by atoms with E-state index in [1.165, 1.54) is 0 Å². The van der Waals surface area contributed by atoms with Gasteiger partial charge in [0.25, 0.3) is 0 Å². The van der Waals surface area contributed by atoms with Gasteiger partial charge in [-0.1, -0.05) is 12.2 Å². The molecule has 0 bridgehead atoms. The van der Waals surface area contributed by atoms with E-state index in [0.717, 1.165) is 32.5 Å². The summed E-state index contributed by atoms with van der Waals surface area (Å²) in [6, 6.07) is 0. The molecule has 0 atom stereocenters. The largest absolute Gasteiger partial charge is 0.396 e. The molecule has 1 N–H and O–H groups in total. The molecule has 0 aliphatic carbocycles. The number of rotatable bonds is 3. The molecule has 0 aromatic carbocycles. The SMILES string of the molecule is OCC/C=C\C1CCOCC1. The van der Waals surface area contributed by atoms with E-state index in [-0.39, 0.29) is 6.61 Å². The Morgan fingerprint density at radius 2 is 2.09 bits per heavy atom. The lowest BCUT2D eigenvalue weighted by Crippen LogP contribution is -2.13. The summed E-state index contributed by atoms with van der Waals surface area (Å²) < 4.78 is 5.22. The average Bonchev–Trinajstić information content (AvgIpc) is 2.07. The molecule has 64 valence electrons. The number of aliphatic hydroxyl groups excluding tert-OH is 1. The molecule has 1 fully saturated rings. The molecule has 0 amide bonds. The van der Waals surface area contributed by atoms with E-state index in [1.54, 1.807) is 0 Å². The predicted octanol–water partition coefficient (Wildman–Crippen LogP) is 1.35. The maximum atomic E-state index is 8.52. The van der Waals surface area contributed by atoms with Crippen LogP contribution < -0.4 is 0 Å². The summed E-state index contributed by atoms with van der Waals surface area (Å²) in [7, 11) is 0. The van der Waals surface area contributed by atoms with Crippen LogP contribution in [-0.2, 0) is 4.74 Å². The van der Waals surface area contributed by atoms with Crippen LogP contribution in [0.4, 0.5) is 0 Å². The molecule has 1 aliphatic rings. The Kier molecular flexibility index (Phi) is 4.24. The molecule has 1 heterocycles. The summed E-state index contributed by atoms with van der Waals surface area (Å²) in [6.45, 7) is 2.06. The summed E-state index contributed by atoms with van der Waals surface area (Å²) >= 11 is 0. The Morgan fingerprint density at radius 1 is 1.36 bits per heavy atom. The van der Waals surface area contributed by atoms with Gasteiger partial charge in [-0.3, -0.25) is 0 Å². The minimum Gasteiger partial charge on any atom is -0.396 e. The second kappa shape index (κ2) is 5.33. The van der Waals surface area contributed by atoms with Crippen molar-refractivity contribution in [1.82, 2.24) is 0 Å². The predicted molar refractivity (Wildman–Crippen MR) is 44.4 cm³/mol. The molecule has 0 unspecified atom stereocenters. The number of hydrogen-bond donors (Lipinski definition) is 1. The lowest BCUT2D eigenvalue weighted by molar-refractivity contribution is 0.0784. The molecule has 0 radical (unpaired) electrons. The molecule has 1 saturated heterocycles. The lowest BCUT2D eigenvalue weighted by atomic mass is 10.00. The van der Waals surface area contributed by atoms with Crippen molar-refractivity contribution in [2.24, 2.45) is 5.92 Å². The molecular formula is C9H16O2. The first-order chi connectivity index (χ1) is 5.43. The maximum absolute atomic E-state index is 8.52. The highest BCUT2D eigenvalue weighted by Crippen LogP contribution is 2.15. The Labute approximate surface area is 67.9 Å². The third kappa shape index (κ3) is 3.54. The van der Waals surface area contributed by atoms with E-state index < -0.39 is 0 Å². The Morgan fingerprint density at radius 3 is 2.73 bits per heavy atom. The van der Waals surface area contributed by atoms with Crippen LogP contribution in [0.25, 0.3) is 0 Å². The number of hydrogen-bond acceptors (Lipinski definition) is 2. The fourth-order valence-electron chi connectivity index (χ4n) is 1.27. The van der Waals surface area contributed by atoms with Crippen LogP contribution in [0.15, 0.2) is 12.2 Å². The molecule has 0 spiro atoms. The van der Waals surface area contributed by atoms with E-state index in [9.17, 15) is 0 Å². The highest BCUT2D eigenvalue weighted by molar-refractivity contribution is 4.89. The van der Waals surface area contributed by atoms with Gasteiger partial charge >= 0.3 is 0 Å². The van der Waals surface area contributed by atoms with E-state index in [2.05, 4.69) is 12.2 Å². The summed E-state index contributed by atoms with van der Waals surface area (Å²) in [4.78, 5) is 0. The second-order valence-corrected chi connectivity index (χ2v) is 2.89. The van der Waals surface area contributed by atoms with E-state index in [1.807, 2.05) is 0 Å². The number of ether oxygens (including phenoxy) is 1. The standard InChI is InChI=1S/C9H16O2/c10-6-2-1-3-9-4-7-11-8-5-9/h1,3,9-10H,2,4-8H2/b3-1-. The summed E-state index contributed by atoms with van der Waals surface area (Å²) in [5, 5.41) is 8.52. The van der Waals surface area contributed by atoms with Gasteiger partial charge in [0.05, 0.1) is 0 Å². The third-order valence-corrected chi connectivity index (χ3v) is 1.97. The van der Waals surface area contributed by atoms with Gasteiger partial charge in [0, 0.05) is 19.8 Å². The van der Waals surface area contributed by atoms with Crippen LogP contribution in [0.1, 0.15) is 19.3 Å². The molecule has 11 heavy (non-hydrogen) atoms. The van der Waals surface area contributed by atoms with Crippen molar-refractivity contribution in [3.05, 3.63) is 12.2 Å². The molecule has 2 heteroatoms. The normalized spacial score (nSPS) is 21.2. The highest BCUT2D eigenvalue weighted by Gasteiger charge is 2.09. The van der Waals surface area contributed by atoms with Gasteiger partial charge in [-0.05, 0) is 25.2 Å². The van der Waals surface area contributed by atoms with Crippen LogP contribution >= 0.6 is 0 Å². The van der Waals surface area contributed by atoms with Crippen LogP contribution in [0.3, 0.4) is 0 Å². The van der Waals surface area contributed by atoms with Crippen LogP contribution in [-0.4, -0.2) is 24.9 Å². The Bertz CT molecular complexity index is 115. The maximum Gasteiger partial charge on any atom is 0.0471 e. The molecule has 1 aliphatic heterocycles. The topological polar surface area (TPSA) is 29.5 Å². The monoisotopic (exact) mass is 156 g/mol. The summed E-state index contributed by atoms with van der Waals surface area (Å²) in [5.74, 6) is 0.690. The summed E-state index contributed by atoms with van der Waals surface area (Å²) in [6.07, 6.45) is 7.34. The van der Waals surface area contributed by atoms with Gasteiger partial charge in [0.15, 0.2) is 0 Å². The van der Waals surface area contributed by atoms with E-state index in [4.69, 9.17) is 9.84 Å². The third-order valence-electron chi connectivity index (χ3n) is 1.97. The summed E-state index contributed by atoms with van der Waals surface area (Å²) in [5.41, 5.74) is 0. The van der Waals surface area contributed by atoms with Crippen LogP contribution in [0.5, 0.6) is 0 Å². The van der Waals surface area contributed by atoms with Gasteiger partial charge < -0.3 is 9.84 Å². The average molecular weight is 156 g/mol. The van der Waals surface area contributed by atoms with Crippen molar-refractivity contribution in [1.29, 1.82) is 0 Å². The molecule has 0 aromatic rings. The van der Waals surface area contributed by atoms with Crippen molar-refractivity contribution in [3.63, 3.8) is 0 Å². The van der Waals surface area contributed by atoms with Crippen molar-refractivity contribution in [2.45, 2.75) is 19.3 Å². The zero-order chi connectivity index (χ0) is 7.94. The molecule has 0 aromatic heterocycles. The van der Waals surface area contributed by atoms with Gasteiger partial charge in [-0.2, -0.15) is 0 Å². The van der Waals surface area contributed by atoms with E-state index in [0.29, 0.717) is 5.92 Å². The molecule has 0 saturated carbocycles. The van der Waals surface area contributed by atoms with Crippen LogP contribution in [0.2, 0.25) is 0 Å². The Hall–Kier alpha value is -0.340. The zero-order valence-corrected chi connectivity index (χ0v) is 6.83. The molecular weight excluding hydrogens is 140 g/mol. The highest BCUT2D eigenvalue weighted by atomic mass is 16.5. The Balaban J connectivity index is 2.13. The van der Waals surface area contributed by atoms with Gasteiger partial charge in [-0.25, -0.2) is 0 Å².